The fraction of sp³-hybridized carbons (Fsp3) is 0.793. The number of allylic oxidation sites excluding steroid dienone is 1. The maximum atomic E-state index is 14.3. The summed E-state index contributed by atoms with van der Waals surface area (Å²) in [5.41, 5.74) is 11.2. The van der Waals surface area contributed by atoms with Crippen LogP contribution in [0.3, 0.4) is 0 Å². The molecular formula is C29H45N5O5. The number of rotatable bonds is 5. The maximum Gasteiger partial charge on any atom is 0.246 e. The van der Waals surface area contributed by atoms with Crippen molar-refractivity contribution in [3.8, 4) is 0 Å². The van der Waals surface area contributed by atoms with Gasteiger partial charge in [0.25, 0.3) is 0 Å². The summed E-state index contributed by atoms with van der Waals surface area (Å²) in [5.74, 6) is -1.09. The molecule has 0 aromatic rings. The van der Waals surface area contributed by atoms with Crippen LogP contribution in [0, 0.1) is 27.6 Å². The Balaban J connectivity index is 1.44. The summed E-state index contributed by atoms with van der Waals surface area (Å²) in [6.07, 6.45) is 2.83. The smallest absolute Gasteiger partial charge is 0.246 e. The highest BCUT2D eigenvalue weighted by Gasteiger charge is 2.86. The number of ketones is 1. The molecule has 10 nitrogen and oxygen atoms in total. The van der Waals surface area contributed by atoms with Crippen molar-refractivity contribution >= 4 is 23.5 Å². The zero-order valence-electron chi connectivity index (χ0n) is 24.4. The monoisotopic (exact) mass is 543 g/mol. The molecule has 39 heavy (non-hydrogen) atoms. The molecule has 0 radical (unpaired) electrons. The van der Waals surface area contributed by atoms with E-state index in [1.807, 2.05) is 20.8 Å². The predicted octanol–water partition coefficient (Wildman–Crippen LogP) is 0.979. The van der Waals surface area contributed by atoms with Crippen molar-refractivity contribution in [3.05, 3.63) is 11.3 Å². The number of likely N-dealkylation sites (tertiary alicyclic amines) is 1. The summed E-state index contributed by atoms with van der Waals surface area (Å²) in [6.45, 7) is 14.8. The second-order valence-electron chi connectivity index (χ2n) is 14.8. The number of hydrogen-bond donors (Lipinski definition) is 4. The van der Waals surface area contributed by atoms with Crippen molar-refractivity contribution in [1.29, 1.82) is 0 Å². The SMILES string of the molecule is CC(C)(N)C(=O)N[C@H](C(=O)N1C[C@]2(C[C@H]1C(=O)NC1CC3CCC3=C(N)C1=O)C(C)(C)C21COC1)C(C)(C)C. The van der Waals surface area contributed by atoms with Gasteiger partial charge in [-0.3, -0.25) is 19.2 Å². The minimum absolute atomic E-state index is 0.0953. The molecule has 0 aromatic heterocycles. The van der Waals surface area contributed by atoms with Crippen LogP contribution in [0.2, 0.25) is 0 Å². The molecule has 2 heterocycles. The molecule has 3 aliphatic carbocycles. The Kier molecular flexibility index (Phi) is 6.14. The molecule has 2 saturated carbocycles. The fourth-order valence-corrected chi connectivity index (χ4v) is 7.74. The van der Waals surface area contributed by atoms with Crippen molar-refractivity contribution in [1.82, 2.24) is 15.5 Å². The minimum Gasteiger partial charge on any atom is -0.396 e. The van der Waals surface area contributed by atoms with Gasteiger partial charge in [0.05, 0.1) is 30.5 Å². The Morgan fingerprint density at radius 2 is 1.74 bits per heavy atom. The lowest BCUT2D eigenvalue weighted by atomic mass is 9.69. The highest BCUT2D eigenvalue weighted by molar-refractivity contribution is 6.03. The van der Waals surface area contributed by atoms with Crippen LogP contribution in [-0.4, -0.2) is 71.8 Å². The number of amides is 3. The Morgan fingerprint density at radius 1 is 1.10 bits per heavy atom. The van der Waals surface area contributed by atoms with E-state index in [-0.39, 0.29) is 45.5 Å². The van der Waals surface area contributed by atoms with Gasteiger partial charge in [0, 0.05) is 17.4 Å². The highest BCUT2D eigenvalue weighted by Crippen LogP contribution is 2.84. The van der Waals surface area contributed by atoms with E-state index in [9.17, 15) is 19.2 Å². The van der Waals surface area contributed by atoms with Crippen molar-refractivity contribution in [2.75, 3.05) is 19.8 Å². The van der Waals surface area contributed by atoms with E-state index in [2.05, 4.69) is 24.5 Å². The number of fused-ring (bicyclic) bond motifs is 2. The third-order valence-electron chi connectivity index (χ3n) is 10.9. The molecule has 4 fully saturated rings. The average Bonchev–Trinajstić information content (AvgIpc) is 3.02. The Hall–Kier alpha value is -2.46. The molecule has 5 atom stereocenters. The first-order chi connectivity index (χ1) is 17.9. The third kappa shape index (κ3) is 3.88. The van der Waals surface area contributed by atoms with Gasteiger partial charge < -0.3 is 31.7 Å². The van der Waals surface area contributed by atoms with Crippen molar-refractivity contribution in [2.24, 2.45) is 39.0 Å². The van der Waals surface area contributed by atoms with E-state index in [0.29, 0.717) is 32.6 Å². The lowest BCUT2D eigenvalue weighted by molar-refractivity contribution is -0.145. The summed E-state index contributed by atoms with van der Waals surface area (Å²) in [7, 11) is 0. The van der Waals surface area contributed by atoms with E-state index < -0.39 is 35.0 Å². The number of nitrogens with two attached hydrogens (primary N) is 2. The maximum absolute atomic E-state index is 14.3. The van der Waals surface area contributed by atoms with E-state index in [0.717, 1.165) is 18.4 Å². The average molecular weight is 544 g/mol. The van der Waals surface area contributed by atoms with Crippen LogP contribution in [0.4, 0.5) is 0 Å². The molecule has 0 bridgehead atoms. The van der Waals surface area contributed by atoms with Gasteiger partial charge in [-0.05, 0) is 61.9 Å². The molecule has 5 aliphatic rings. The highest BCUT2D eigenvalue weighted by atomic mass is 16.5. The predicted molar refractivity (Wildman–Crippen MR) is 145 cm³/mol. The van der Waals surface area contributed by atoms with Gasteiger partial charge in [-0.1, -0.05) is 34.6 Å². The standard InChI is InChI=1S/C29H45N5O5/c1-25(2,3)21(33-24(38)26(4,5)31)23(37)34-12-28(27(6,7)29(28)13-39-14-29)11-18(34)22(36)32-17-10-15-8-9-16(15)19(30)20(17)35/h15,17-18,21H,8-14,30-31H2,1-7H3,(H,32,36)(H,33,38)/t15?,17?,18-,21+,28+/m0/s1. The second-order valence-corrected chi connectivity index (χ2v) is 14.8. The zero-order valence-corrected chi connectivity index (χ0v) is 24.4. The van der Waals surface area contributed by atoms with Gasteiger partial charge in [0.1, 0.15) is 12.1 Å². The number of nitrogens with one attached hydrogen (secondary N) is 2. The van der Waals surface area contributed by atoms with Crippen LogP contribution in [0.1, 0.15) is 74.1 Å². The number of hydrogen-bond acceptors (Lipinski definition) is 7. The van der Waals surface area contributed by atoms with Gasteiger partial charge in [0.2, 0.25) is 23.5 Å². The van der Waals surface area contributed by atoms with Crippen LogP contribution in [-0.2, 0) is 23.9 Å². The Bertz CT molecular complexity index is 1160. The normalized spacial score (nSPS) is 33.3. The Labute approximate surface area is 231 Å². The molecule has 2 unspecified atom stereocenters. The van der Waals surface area contributed by atoms with Gasteiger partial charge in [-0.15, -0.1) is 0 Å². The summed E-state index contributed by atoms with van der Waals surface area (Å²) in [4.78, 5) is 55.7. The molecule has 2 saturated heterocycles. The minimum atomic E-state index is -1.17. The van der Waals surface area contributed by atoms with Crippen LogP contribution in [0.5, 0.6) is 0 Å². The third-order valence-corrected chi connectivity index (χ3v) is 10.9. The van der Waals surface area contributed by atoms with Crippen LogP contribution >= 0.6 is 0 Å². The van der Waals surface area contributed by atoms with Crippen molar-refractivity contribution < 1.29 is 23.9 Å². The second kappa shape index (κ2) is 8.52. The van der Waals surface area contributed by atoms with E-state index in [1.165, 1.54) is 0 Å². The lowest BCUT2D eigenvalue weighted by Gasteiger charge is -2.39. The lowest BCUT2D eigenvalue weighted by Crippen LogP contribution is -2.62. The first-order valence-corrected chi connectivity index (χ1v) is 14.2. The molecule has 2 spiro atoms. The number of ether oxygens (including phenoxy) is 1. The first kappa shape index (κ1) is 28.1. The topological polar surface area (TPSA) is 157 Å². The van der Waals surface area contributed by atoms with Crippen molar-refractivity contribution in [3.63, 3.8) is 0 Å². The number of nitrogens with zero attached hydrogens (tertiary/aromatic N) is 1. The molecule has 0 aromatic carbocycles. The number of Topliss-reactive ketones (excluding diaryl/α,β-unsaturated/α-hetero) is 1. The van der Waals surface area contributed by atoms with E-state index in [4.69, 9.17) is 16.2 Å². The molecular weight excluding hydrogens is 498 g/mol. The zero-order chi connectivity index (χ0) is 28.9. The van der Waals surface area contributed by atoms with Crippen LogP contribution in [0.15, 0.2) is 11.3 Å². The van der Waals surface area contributed by atoms with Gasteiger partial charge in [-0.2, -0.15) is 0 Å². The van der Waals surface area contributed by atoms with Gasteiger partial charge in [-0.25, -0.2) is 0 Å². The van der Waals surface area contributed by atoms with Gasteiger partial charge >= 0.3 is 0 Å². The quantitative estimate of drug-likeness (QED) is 0.403. The number of carbonyl (C=O) groups excluding carboxylic acids is 4. The molecule has 10 heteroatoms. The number of carbonyl (C=O) groups is 4. The molecule has 3 amide bonds. The van der Waals surface area contributed by atoms with Gasteiger partial charge in [0.15, 0.2) is 0 Å². The first-order valence-electron chi connectivity index (χ1n) is 14.2. The molecule has 6 N–H and O–H groups in total. The summed E-state index contributed by atoms with van der Waals surface area (Å²) >= 11 is 0. The van der Waals surface area contributed by atoms with Crippen molar-refractivity contribution in [2.45, 2.75) is 97.8 Å². The van der Waals surface area contributed by atoms with E-state index in [1.54, 1.807) is 18.7 Å². The summed E-state index contributed by atoms with van der Waals surface area (Å²) in [6, 6.07) is -2.35. The molecule has 216 valence electrons. The van der Waals surface area contributed by atoms with Crippen LogP contribution in [0.25, 0.3) is 0 Å². The van der Waals surface area contributed by atoms with Crippen LogP contribution < -0.4 is 22.1 Å². The van der Waals surface area contributed by atoms with E-state index >= 15 is 0 Å². The largest absolute Gasteiger partial charge is 0.396 e. The Morgan fingerprint density at radius 3 is 2.21 bits per heavy atom. The molecule has 2 aliphatic heterocycles. The molecule has 5 rings (SSSR count). The fourth-order valence-electron chi connectivity index (χ4n) is 7.74. The summed E-state index contributed by atoms with van der Waals surface area (Å²) < 4.78 is 5.64. The summed E-state index contributed by atoms with van der Waals surface area (Å²) in [5, 5.41) is 5.85.